The molecule has 1 amide bonds. The van der Waals surface area contributed by atoms with E-state index in [1.165, 1.54) is 12.1 Å². The lowest BCUT2D eigenvalue weighted by molar-refractivity contribution is 0.0697. The topological polar surface area (TPSA) is 99.5 Å². The summed E-state index contributed by atoms with van der Waals surface area (Å²) < 4.78 is 13.1. The predicted molar refractivity (Wildman–Crippen MR) is 72.2 cm³/mol. The van der Waals surface area contributed by atoms with Crippen molar-refractivity contribution in [2.75, 3.05) is 5.32 Å². The molecule has 108 valence electrons. The molecule has 0 saturated carbocycles. The number of anilines is 1. The van der Waals surface area contributed by atoms with Gasteiger partial charge in [0.1, 0.15) is 16.7 Å². The lowest BCUT2D eigenvalue weighted by Gasteiger charge is -2.09. The standard InChI is InChI=1S/C13H8ClFN2O4/c14-11-9(3-6(15)5-16-11)12(19)17-10-2-1-7(18)4-8(10)13(20)21/h1-5,18H,(H,17,19)(H,20,21). The number of aromatic hydroxyl groups is 1. The third-order valence-electron chi connectivity index (χ3n) is 2.53. The van der Waals surface area contributed by atoms with E-state index in [1.807, 2.05) is 0 Å². The third-order valence-corrected chi connectivity index (χ3v) is 2.83. The van der Waals surface area contributed by atoms with Crippen molar-refractivity contribution in [3.63, 3.8) is 0 Å². The second-order valence-electron chi connectivity index (χ2n) is 3.98. The van der Waals surface area contributed by atoms with Gasteiger partial charge in [-0.1, -0.05) is 11.6 Å². The fourth-order valence-electron chi connectivity index (χ4n) is 1.59. The summed E-state index contributed by atoms with van der Waals surface area (Å²) in [5.74, 6) is -3.19. The molecule has 2 rings (SSSR count). The van der Waals surface area contributed by atoms with Crippen molar-refractivity contribution in [2.24, 2.45) is 0 Å². The van der Waals surface area contributed by atoms with E-state index in [0.717, 1.165) is 18.3 Å². The summed E-state index contributed by atoms with van der Waals surface area (Å²) in [5, 5.41) is 20.3. The Morgan fingerprint density at radius 1 is 1.24 bits per heavy atom. The SMILES string of the molecule is O=C(O)c1cc(O)ccc1NC(=O)c1cc(F)cnc1Cl. The van der Waals surface area contributed by atoms with E-state index in [-0.39, 0.29) is 27.7 Å². The maximum atomic E-state index is 13.1. The summed E-state index contributed by atoms with van der Waals surface area (Å²) in [6.45, 7) is 0. The Morgan fingerprint density at radius 2 is 1.95 bits per heavy atom. The van der Waals surface area contributed by atoms with Crippen LogP contribution >= 0.6 is 11.6 Å². The fraction of sp³-hybridized carbons (Fsp3) is 0. The molecule has 1 aromatic carbocycles. The minimum Gasteiger partial charge on any atom is -0.508 e. The second kappa shape index (κ2) is 5.76. The van der Waals surface area contributed by atoms with Gasteiger partial charge in [0.2, 0.25) is 0 Å². The predicted octanol–water partition coefficient (Wildman–Crippen LogP) is 2.53. The zero-order valence-electron chi connectivity index (χ0n) is 10.3. The minimum atomic E-state index is -1.34. The molecule has 0 aliphatic heterocycles. The van der Waals surface area contributed by atoms with E-state index in [9.17, 15) is 19.1 Å². The van der Waals surface area contributed by atoms with Gasteiger partial charge in [-0.25, -0.2) is 14.2 Å². The number of halogens is 2. The summed E-state index contributed by atoms with van der Waals surface area (Å²) >= 11 is 5.69. The molecule has 0 fully saturated rings. The molecule has 0 spiro atoms. The number of hydrogen-bond acceptors (Lipinski definition) is 4. The number of nitrogens with zero attached hydrogens (tertiary/aromatic N) is 1. The van der Waals surface area contributed by atoms with E-state index < -0.39 is 17.7 Å². The van der Waals surface area contributed by atoms with E-state index in [2.05, 4.69) is 10.3 Å². The highest BCUT2D eigenvalue weighted by atomic mass is 35.5. The van der Waals surface area contributed by atoms with Gasteiger partial charge in [-0.2, -0.15) is 0 Å². The number of carboxylic acid groups (broad SMARTS) is 1. The molecule has 0 radical (unpaired) electrons. The van der Waals surface area contributed by atoms with Crippen LogP contribution in [0.5, 0.6) is 5.75 Å². The minimum absolute atomic E-state index is 0.0642. The number of carbonyl (C=O) groups excluding carboxylic acids is 1. The highest BCUT2D eigenvalue weighted by Gasteiger charge is 2.17. The molecule has 8 heteroatoms. The van der Waals surface area contributed by atoms with Gasteiger partial charge >= 0.3 is 5.97 Å². The number of benzene rings is 1. The van der Waals surface area contributed by atoms with Crippen LogP contribution in [0.3, 0.4) is 0 Å². The van der Waals surface area contributed by atoms with Crippen molar-refractivity contribution in [1.29, 1.82) is 0 Å². The van der Waals surface area contributed by atoms with Gasteiger partial charge in [0, 0.05) is 0 Å². The lowest BCUT2D eigenvalue weighted by Crippen LogP contribution is -2.16. The molecule has 21 heavy (non-hydrogen) atoms. The number of nitrogens with one attached hydrogen (secondary N) is 1. The normalized spacial score (nSPS) is 10.2. The first-order chi connectivity index (χ1) is 9.88. The monoisotopic (exact) mass is 310 g/mol. The molecule has 0 bridgehead atoms. The number of phenols is 1. The molecule has 1 aromatic heterocycles. The largest absolute Gasteiger partial charge is 0.508 e. The van der Waals surface area contributed by atoms with Crippen molar-refractivity contribution >= 4 is 29.2 Å². The number of rotatable bonds is 3. The lowest BCUT2D eigenvalue weighted by atomic mass is 10.1. The Bertz CT molecular complexity index is 736. The van der Waals surface area contributed by atoms with Gasteiger partial charge in [0.25, 0.3) is 5.91 Å². The number of hydrogen-bond donors (Lipinski definition) is 3. The number of carboxylic acids is 1. The number of aromatic nitrogens is 1. The van der Waals surface area contributed by atoms with Gasteiger partial charge in [0.05, 0.1) is 23.0 Å². The van der Waals surface area contributed by atoms with Crippen molar-refractivity contribution in [3.8, 4) is 5.75 Å². The third kappa shape index (κ3) is 3.26. The van der Waals surface area contributed by atoms with E-state index >= 15 is 0 Å². The molecule has 0 unspecified atom stereocenters. The molecule has 0 atom stereocenters. The van der Waals surface area contributed by atoms with Gasteiger partial charge in [-0.3, -0.25) is 4.79 Å². The van der Waals surface area contributed by atoms with Crippen LogP contribution in [0, 0.1) is 5.82 Å². The van der Waals surface area contributed by atoms with Crippen LogP contribution in [0.4, 0.5) is 10.1 Å². The number of amides is 1. The van der Waals surface area contributed by atoms with Crippen LogP contribution in [0.2, 0.25) is 5.15 Å². The van der Waals surface area contributed by atoms with Crippen molar-refractivity contribution < 1.29 is 24.2 Å². The average Bonchev–Trinajstić information content (AvgIpc) is 2.43. The molecule has 3 N–H and O–H groups in total. The zero-order chi connectivity index (χ0) is 15.6. The van der Waals surface area contributed by atoms with Crippen LogP contribution in [-0.4, -0.2) is 27.1 Å². The number of carbonyl (C=O) groups is 2. The Hall–Kier alpha value is -2.67. The number of phenolic OH excluding ortho intramolecular Hbond substituents is 1. The molecule has 1 heterocycles. The average molecular weight is 311 g/mol. The van der Waals surface area contributed by atoms with E-state index in [4.69, 9.17) is 16.7 Å². The first kappa shape index (κ1) is 14.7. The van der Waals surface area contributed by atoms with E-state index in [0.29, 0.717) is 0 Å². The smallest absolute Gasteiger partial charge is 0.337 e. The molecular formula is C13H8ClFN2O4. The maximum Gasteiger partial charge on any atom is 0.337 e. The Kier molecular flexibility index (Phi) is 4.04. The van der Waals surface area contributed by atoms with Crippen molar-refractivity contribution in [2.45, 2.75) is 0 Å². The summed E-state index contributed by atoms with van der Waals surface area (Å²) in [5.41, 5.74) is -0.615. The van der Waals surface area contributed by atoms with Crippen LogP contribution in [0.15, 0.2) is 30.5 Å². The quantitative estimate of drug-likeness (QED) is 0.597. The highest BCUT2D eigenvalue weighted by molar-refractivity contribution is 6.33. The zero-order valence-corrected chi connectivity index (χ0v) is 11.1. The van der Waals surface area contributed by atoms with E-state index in [1.54, 1.807) is 0 Å². The first-order valence-corrected chi connectivity index (χ1v) is 5.95. The number of aromatic carboxylic acids is 1. The van der Waals surface area contributed by atoms with Crippen LogP contribution in [0.25, 0.3) is 0 Å². The summed E-state index contributed by atoms with van der Waals surface area (Å²) in [7, 11) is 0. The van der Waals surface area contributed by atoms with Crippen molar-refractivity contribution in [1.82, 2.24) is 4.98 Å². The highest BCUT2D eigenvalue weighted by Crippen LogP contribution is 2.23. The first-order valence-electron chi connectivity index (χ1n) is 5.57. The second-order valence-corrected chi connectivity index (χ2v) is 4.34. The van der Waals surface area contributed by atoms with Gasteiger partial charge in [0.15, 0.2) is 0 Å². The number of pyridine rings is 1. The van der Waals surface area contributed by atoms with Crippen LogP contribution in [0.1, 0.15) is 20.7 Å². The van der Waals surface area contributed by atoms with Crippen molar-refractivity contribution in [3.05, 3.63) is 52.6 Å². The summed E-state index contributed by atoms with van der Waals surface area (Å²) in [4.78, 5) is 26.5. The van der Waals surface area contributed by atoms with Crippen LogP contribution < -0.4 is 5.32 Å². The van der Waals surface area contributed by atoms with Crippen LogP contribution in [-0.2, 0) is 0 Å². The molecule has 0 aliphatic carbocycles. The fourth-order valence-corrected chi connectivity index (χ4v) is 1.78. The molecule has 0 aliphatic rings. The van der Waals surface area contributed by atoms with Gasteiger partial charge in [-0.15, -0.1) is 0 Å². The maximum absolute atomic E-state index is 13.1. The Morgan fingerprint density at radius 3 is 2.62 bits per heavy atom. The molecule has 0 saturated heterocycles. The molecule has 6 nitrogen and oxygen atoms in total. The molecular weight excluding hydrogens is 303 g/mol. The van der Waals surface area contributed by atoms with Gasteiger partial charge < -0.3 is 15.5 Å². The Labute approximate surface area is 122 Å². The summed E-state index contributed by atoms with van der Waals surface area (Å²) in [6, 6.07) is 4.26. The molecule has 2 aromatic rings. The Balaban J connectivity index is 2.36. The van der Waals surface area contributed by atoms with Gasteiger partial charge in [-0.05, 0) is 24.3 Å². The summed E-state index contributed by atoms with van der Waals surface area (Å²) in [6.07, 6.45) is 0.850.